The monoisotopic (exact) mass is 247 g/mol. The highest BCUT2D eigenvalue weighted by atomic mass is 16.5. The highest BCUT2D eigenvalue weighted by Crippen LogP contribution is 2.20. The summed E-state index contributed by atoms with van der Waals surface area (Å²) in [6.45, 7) is 3.81. The van der Waals surface area contributed by atoms with Gasteiger partial charge in [-0.3, -0.25) is 4.98 Å². The van der Waals surface area contributed by atoms with Crippen LogP contribution in [-0.2, 0) is 12.8 Å². The van der Waals surface area contributed by atoms with Gasteiger partial charge >= 0.3 is 0 Å². The predicted octanol–water partition coefficient (Wildman–Crippen LogP) is 2.01. The molecule has 2 heterocycles. The van der Waals surface area contributed by atoms with Gasteiger partial charge in [0.15, 0.2) is 0 Å². The lowest BCUT2D eigenvalue weighted by Gasteiger charge is -2.01. The van der Waals surface area contributed by atoms with Crippen molar-refractivity contribution in [2.24, 2.45) is 0 Å². The quantitative estimate of drug-likeness (QED) is 0.875. The topological polar surface area (TPSA) is 72.0 Å². The van der Waals surface area contributed by atoms with Crippen molar-refractivity contribution in [2.75, 3.05) is 0 Å². The summed E-state index contributed by atoms with van der Waals surface area (Å²) in [5.41, 5.74) is 2.06. The van der Waals surface area contributed by atoms with E-state index in [4.69, 9.17) is 4.52 Å². The van der Waals surface area contributed by atoms with E-state index in [1.54, 1.807) is 13.1 Å². The van der Waals surface area contributed by atoms with E-state index in [0.717, 1.165) is 17.5 Å². The van der Waals surface area contributed by atoms with E-state index in [9.17, 15) is 5.11 Å². The van der Waals surface area contributed by atoms with Crippen LogP contribution in [0.25, 0.3) is 11.4 Å². The van der Waals surface area contributed by atoms with E-state index in [1.807, 2.05) is 12.3 Å². The first-order valence-corrected chi connectivity index (χ1v) is 6.14. The maximum absolute atomic E-state index is 9.22. The van der Waals surface area contributed by atoms with E-state index in [1.165, 1.54) is 0 Å². The molecular formula is C13H17N3O2. The molecule has 2 aromatic heterocycles. The zero-order valence-corrected chi connectivity index (χ0v) is 10.6. The van der Waals surface area contributed by atoms with Crippen LogP contribution in [0.3, 0.4) is 0 Å². The van der Waals surface area contributed by atoms with Gasteiger partial charge in [-0.2, -0.15) is 4.98 Å². The van der Waals surface area contributed by atoms with Crippen molar-refractivity contribution in [3.63, 3.8) is 0 Å². The molecule has 0 amide bonds. The molecule has 0 aliphatic heterocycles. The van der Waals surface area contributed by atoms with Gasteiger partial charge in [-0.25, -0.2) is 0 Å². The average molecular weight is 247 g/mol. The molecule has 0 spiro atoms. The first-order chi connectivity index (χ1) is 8.70. The Morgan fingerprint density at radius 3 is 3.00 bits per heavy atom. The minimum atomic E-state index is -0.354. The van der Waals surface area contributed by atoms with Crippen LogP contribution in [0, 0.1) is 0 Å². The molecule has 5 nitrogen and oxygen atoms in total. The second-order valence-electron chi connectivity index (χ2n) is 4.29. The third kappa shape index (κ3) is 2.92. The van der Waals surface area contributed by atoms with Crippen LogP contribution in [0.4, 0.5) is 0 Å². The van der Waals surface area contributed by atoms with E-state index >= 15 is 0 Å². The van der Waals surface area contributed by atoms with Crippen LogP contribution in [0.2, 0.25) is 0 Å². The molecule has 18 heavy (non-hydrogen) atoms. The van der Waals surface area contributed by atoms with E-state index < -0.39 is 0 Å². The number of aliphatic hydroxyl groups excluding tert-OH is 1. The summed E-state index contributed by atoms with van der Waals surface area (Å²) in [5.74, 6) is 1.15. The van der Waals surface area contributed by atoms with Gasteiger partial charge in [0.05, 0.1) is 6.10 Å². The fourth-order valence-electron chi connectivity index (χ4n) is 1.73. The SMILES string of the molecule is CCc1cnccc1-c1noc(CCC(C)O)n1. The first kappa shape index (κ1) is 12.7. The van der Waals surface area contributed by atoms with E-state index in [0.29, 0.717) is 24.6 Å². The molecule has 0 saturated carbocycles. The second kappa shape index (κ2) is 5.73. The van der Waals surface area contributed by atoms with Gasteiger partial charge in [0, 0.05) is 24.4 Å². The largest absolute Gasteiger partial charge is 0.393 e. The third-order valence-electron chi connectivity index (χ3n) is 2.77. The summed E-state index contributed by atoms with van der Waals surface area (Å²) >= 11 is 0. The van der Waals surface area contributed by atoms with Gasteiger partial charge in [-0.05, 0) is 31.4 Å². The normalized spacial score (nSPS) is 12.6. The number of hydrogen-bond donors (Lipinski definition) is 1. The van der Waals surface area contributed by atoms with Crippen LogP contribution in [0.1, 0.15) is 31.7 Å². The highest BCUT2D eigenvalue weighted by molar-refractivity contribution is 5.58. The Morgan fingerprint density at radius 2 is 2.28 bits per heavy atom. The predicted molar refractivity (Wildman–Crippen MR) is 66.9 cm³/mol. The van der Waals surface area contributed by atoms with Gasteiger partial charge < -0.3 is 9.63 Å². The van der Waals surface area contributed by atoms with Gasteiger partial charge in [0.1, 0.15) is 0 Å². The fourth-order valence-corrected chi connectivity index (χ4v) is 1.73. The minimum absolute atomic E-state index is 0.354. The molecule has 2 rings (SSSR count). The third-order valence-corrected chi connectivity index (χ3v) is 2.77. The number of nitrogens with zero attached hydrogens (tertiary/aromatic N) is 3. The molecule has 0 radical (unpaired) electrons. The van der Waals surface area contributed by atoms with Gasteiger partial charge in [-0.15, -0.1) is 0 Å². The van der Waals surface area contributed by atoms with Crippen molar-refractivity contribution in [3.8, 4) is 11.4 Å². The molecule has 0 saturated heterocycles. The number of hydrogen-bond acceptors (Lipinski definition) is 5. The molecule has 5 heteroatoms. The summed E-state index contributed by atoms with van der Waals surface area (Å²) in [6, 6.07) is 1.89. The Kier molecular flexibility index (Phi) is 4.04. The maximum atomic E-state index is 9.22. The van der Waals surface area contributed by atoms with Crippen molar-refractivity contribution < 1.29 is 9.63 Å². The molecule has 96 valence electrons. The maximum Gasteiger partial charge on any atom is 0.227 e. The molecule has 0 aromatic carbocycles. The van der Waals surface area contributed by atoms with Crippen LogP contribution < -0.4 is 0 Å². The zero-order chi connectivity index (χ0) is 13.0. The number of pyridine rings is 1. The summed E-state index contributed by atoms with van der Waals surface area (Å²) in [5, 5.41) is 13.2. The van der Waals surface area contributed by atoms with Gasteiger partial charge in [-0.1, -0.05) is 12.1 Å². The molecule has 0 aliphatic carbocycles. The molecule has 0 aliphatic rings. The Morgan fingerprint density at radius 1 is 1.44 bits per heavy atom. The van der Waals surface area contributed by atoms with Crippen molar-refractivity contribution in [1.82, 2.24) is 15.1 Å². The summed E-state index contributed by atoms with van der Waals surface area (Å²) in [6.07, 6.45) is 5.28. The molecule has 0 bridgehead atoms. The lowest BCUT2D eigenvalue weighted by molar-refractivity contribution is 0.180. The Hall–Kier alpha value is -1.75. The second-order valence-corrected chi connectivity index (χ2v) is 4.29. The van der Waals surface area contributed by atoms with Crippen LogP contribution in [-0.4, -0.2) is 26.3 Å². The standard InChI is InChI=1S/C13H17N3O2/c1-3-10-8-14-7-6-11(10)13-15-12(18-16-13)5-4-9(2)17/h6-9,17H,3-5H2,1-2H3. The van der Waals surface area contributed by atoms with E-state index in [-0.39, 0.29) is 6.10 Å². The zero-order valence-electron chi connectivity index (χ0n) is 10.6. The lowest BCUT2D eigenvalue weighted by atomic mass is 10.1. The molecule has 1 N–H and O–H groups in total. The van der Waals surface area contributed by atoms with Crippen LogP contribution in [0.5, 0.6) is 0 Å². The summed E-state index contributed by atoms with van der Waals surface area (Å²) < 4.78 is 5.18. The number of rotatable bonds is 5. The van der Waals surface area contributed by atoms with Crippen molar-refractivity contribution in [1.29, 1.82) is 0 Å². The Labute approximate surface area is 106 Å². The molecule has 1 unspecified atom stereocenters. The minimum Gasteiger partial charge on any atom is -0.393 e. The smallest absolute Gasteiger partial charge is 0.227 e. The van der Waals surface area contributed by atoms with Crippen molar-refractivity contribution in [3.05, 3.63) is 29.9 Å². The number of aliphatic hydroxyl groups is 1. The van der Waals surface area contributed by atoms with Gasteiger partial charge in [0.25, 0.3) is 0 Å². The van der Waals surface area contributed by atoms with Crippen molar-refractivity contribution >= 4 is 0 Å². The van der Waals surface area contributed by atoms with Crippen LogP contribution in [0.15, 0.2) is 23.0 Å². The summed E-state index contributed by atoms with van der Waals surface area (Å²) in [7, 11) is 0. The Balaban J connectivity index is 2.18. The fraction of sp³-hybridized carbons (Fsp3) is 0.462. The molecule has 0 fully saturated rings. The van der Waals surface area contributed by atoms with Crippen molar-refractivity contribution in [2.45, 2.75) is 39.2 Å². The first-order valence-electron chi connectivity index (χ1n) is 6.14. The van der Waals surface area contributed by atoms with Gasteiger partial charge in [0.2, 0.25) is 11.7 Å². The number of aryl methyl sites for hydroxylation is 2. The highest BCUT2D eigenvalue weighted by Gasteiger charge is 2.12. The number of aromatic nitrogens is 3. The molecule has 2 aromatic rings. The average Bonchev–Trinajstić information content (AvgIpc) is 2.85. The molecule has 1 atom stereocenters. The molecular weight excluding hydrogens is 230 g/mol. The summed E-state index contributed by atoms with van der Waals surface area (Å²) in [4.78, 5) is 8.43. The van der Waals surface area contributed by atoms with Crippen LogP contribution >= 0.6 is 0 Å². The lowest BCUT2D eigenvalue weighted by Crippen LogP contribution is -2.01. The Bertz CT molecular complexity index is 508. The van der Waals surface area contributed by atoms with E-state index in [2.05, 4.69) is 22.0 Å².